The lowest BCUT2D eigenvalue weighted by molar-refractivity contribution is -0.146. The molecule has 0 fully saturated rings. The number of nitrogens with one attached hydrogen (secondary N) is 2. The number of amides is 2. The first-order valence-electron chi connectivity index (χ1n) is 9.57. The van der Waals surface area contributed by atoms with Gasteiger partial charge in [0.2, 0.25) is 0 Å². The van der Waals surface area contributed by atoms with Crippen molar-refractivity contribution in [3.63, 3.8) is 0 Å². The zero-order chi connectivity index (χ0) is 23.1. The van der Waals surface area contributed by atoms with Crippen LogP contribution in [0.2, 0.25) is 0 Å². The van der Waals surface area contributed by atoms with Crippen molar-refractivity contribution in [2.45, 2.75) is 76.2 Å². The molecular formula is C21H31IN2O6. The van der Waals surface area contributed by atoms with E-state index < -0.39 is 35.4 Å². The van der Waals surface area contributed by atoms with E-state index in [1.807, 2.05) is 22.6 Å². The van der Waals surface area contributed by atoms with E-state index in [9.17, 15) is 14.4 Å². The summed E-state index contributed by atoms with van der Waals surface area (Å²) in [5.74, 6) is -0.576. The summed E-state index contributed by atoms with van der Waals surface area (Å²) in [5.41, 5.74) is -0.104. The fourth-order valence-corrected chi connectivity index (χ4v) is 2.57. The second kappa shape index (κ2) is 10.8. The van der Waals surface area contributed by atoms with Crippen molar-refractivity contribution in [2.75, 3.05) is 5.32 Å². The summed E-state index contributed by atoms with van der Waals surface area (Å²) in [6, 6.07) is 5.97. The lowest BCUT2D eigenvalue weighted by atomic mass is 10.1. The average Bonchev–Trinajstić information content (AvgIpc) is 2.50. The highest BCUT2D eigenvalue weighted by Gasteiger charge is 2.27. The van der Waals surface area contributed by atoms with Crippen LogP contribution in [0.4, 0.5) is 15.3 Å². The molecular weight excluding hydrogens is 503 g/mol. The maximum atomic E-state index is 12.5. The SMILES string of the molecule is CC(I)OC(=O)[C@@H](Cc1cccc(NC(=O)OC(C)(C)C)c1)NC(=O)OC(C)(C)C. The second-order valence-electron chi connectivity index (χ2n) is 8.71. The van der Waals surface area contributed by atoms with Gasteiger partial charge in [-0.25, -0.2) is 14.4 Å². The van der Waals surface area contributed by atoms with E-state index in [-0.39, 0.29) is 10.5 Å². The Morgan fingerprint density at radius 3 is 2.10 bits per heavy atom. The van der Waals surface area contributed by atoms with Crippen LogP contribution in [0.3, 0.4) is 0 Å². The maximum absolute atomic E-state index is 12.5. The molecule has 0 aliphatic heterocycles. The van der Waals surface area contributed by atoms with Gasteiger partial charge >= 0.3 is 18.2 Å². The summed E-state index contributed by atoms with van der Waals surface area (Å²) < 4.78 is 15.4. The Bertz CT molecular complexity index is 753. The summed E-state index contributed by atoms with van der Waals surface area (Å²) in [6.45, 7) is 12.2. The molecule has 1 aromatic carbocycles. The lowest BCUT2D eigenvalue weighted by Crippen LogP contribution is -2.45. The Hall–Kier alpha value is -2.04. The molecule has 0 radical (unpaired) electrons. The summed E-state index contributed by atoms with van der Waals surface area (Å²) in [7, 11) is 0. The third kappa shape index (κ3) is 11.2. The maximum Gasteiger partial charge on any atom is 0.412 e. The molecule has 0 heterocycles. The minimum Gasteiger partial charge on any atom is -0.450 e. The molecule has 2 amide bonds. The Morgan fingerprint density at radius 1 is 1.00 bits per heavy atom. The molecule has 2 atom stereocenters. The topological polar surface area (TPSA) is 103 Å². The second-order valence-corrected chi connectivity index (χ2v) is 10.5. The molecule has 168 valence electrons. The number of benzene rings is 1. The minimum absolute atomic E-state index is 0.158. The third-order valence-corrected chi connectivity index (χ3v) is 3.52. The van der Waals surface area contributed by atoms with Crippen LogP contribution < -0.4 is 10.6 Å². The van der Waals surface area contributed by atoms with E-state index in [0.717, 1.165) is 0 Å². The van der Waals surface area contributed by atoms with Crippen LogP contribution in [-0.4, -0.2) is 39.5 Å². The van der Waals surface area contributed by atoms with E-state index in [2.05, 4.69) is 10.6 Å². The zero-order valence-electron chi connectivity index (χ0n) is 18.5. The first-order valence-corrected chi connectivity index (χ1v) is 10.8. The molecule has 0 aliphatic rings. The van der Waals surface area contributed by atoms with E-state index in [1.54, 1.807) is 72.7 Å². The molecule has 0 aliphatic carbocycles. The minimum atomic E-state index is -0.950. The Labute approximate surface area is 191 Å². The van der Waals surface area contributed by atoms with E-state index in [4.69, 9.17) is 14.2 Å². The van der Waals surface area contributed by atoms with Crippen LogP contribution in [0.25, 0.3) is 0 Å². The predicted octanol–water partition coefficient (Wildman–Crippen LogP) is 4.79. The van der Waals surface area contributed by atoms with Gasteiger partial charge in [-0.05, 0) is 88.8 Å². The van der Waals surface area contributed by atoms with Crippen molar-refractivity contribution in [3.05, 3.63) is 29.8 Å². The highest BCUT2D eigenvalue weighted by molar-refractivity contribution is 14.1. The zero-order valence-corrected chi connectivity index (χ0v) is 20.7. The van der Waals surface area contributed by atoms with Crippen molar-refractivity contribution < 1.29 is 28.6 Å². The number of alkyl halides is 1. The normalized spacial score (nSPS) is 13.6. The van der Waals surface area contributed by atoms with Crippen LogP contribution in [0.15, 0.2) is 24.3 Å². The summed E-state index contributed by atoms with van der Waals surface area (Å²) in [4.78, 5) is 36.7. The molecule has 0 saturated carbocycles. The van der Waals surface area contributed by atoms with Gasteiger partial charge in [-0.1, -0.05) is 12.1 Å². The van der Waals surface area contributed by atoms with Crippen LogP contribution in [-0.2, 0) is 25.4 Å². The van der Waals surface area contributed by atoms with Gasteiger partial charge in [0, 0.05) is 12.1 Å². The molecule has 8 nitrogen and oxygen atoms in total. The van der Waals surface area contributed by atoms with Crippen LogP contribution in [0, 0.1) is 0 Å². The number of alkyl carbamates (subject to hydrolysis) is 1. The number of halogens is 1. The molecule has 0 aromatic heterocycles. The van der Waals surface area contributed by atoms with E-state index in [1.165, 1.54) is 0 Å². The number of ether oxygens (including phenoxy) is 3. The average molecular weight is 534 g/mol. The van der Waals surface area contributed by atoms with Crippen molar-refractivity contribution in [1.29, 1.82) is 0 Å². The largest absolute Gasteiger partial charge is 0.450 e. The fourth-order valence-electron chi connectivity index (χ4n) is 2.32. The molecule has 1 rings (SSSR count). The van der Waals surface area contributed by atoms with Gasteiger partial charge in [0.25, 0.3) is 0 Å². The number of anilines is 1. The van der Waals surface area contributed by atoms with Crippen molar-refractivity contribution >= 4 is 46.4 Å². The fraction of sp³-hybridized carbons (Fsp3) is 0.571. The Kier molecular flexibility index (Phi) is 9.38. The summed E-state index contributed by atoms with van der Waals surface area (Å²) >= 11 is 1.96. The summed E-state index contributed by atoms with van der Waals surface area (Å²) in [5, 5.41) is 5.22. The van der Waals surface area contributed by atoms with Gasteiger partial charge in [-0.15, -0.1) is 0 Å². The van der Waals surface area contributed by atoms with Gasteiger partial charge in [-0.2, -0.15) is 0 Å². The van der Waals surface area contributed by atoms with Gasteiger partial charge in [0.1, 0.15) is 21.4 Å². The van der Waals surface area contributed by atoms with Gasteiger partial charge in [0.15, 0.2) is 0 Å². The quantitative estimate of drug-likeness (QED) is 0.236. The monoisotopic (exact) mass is 534 g/mol. The molecule has 1 unspecified atom stereocenters. The molecule has 9 heteroatoms. The number of hydrogen-bond donors (Lipinski definition) is 2. The first kappa shape index (κ1) is 26.0. The number of carbonyl (C=O) groups is 3. The molecule has 0 spiro atoms. The standard InChI is InChI=1S/C21H31IN2O6/c1-13(22)28-17(25)16(24-19(27)30-21(5,6)7)12-14-9-8-10-15(11-14)23-18(26)29-20(2,3)4/h8-11,13,16H,12H2,1-7H3,(H,23,26)(H,24,27)/t13?,16-/m1/s1. The summed E-state index contributed by atoms with van der Waals surface area (Å²) in [6.07, 6.45) is -1.14. The van der Waals surface area contributed by atoms with Gasteiger partial charge < -0.3 is 19.5 Å². The number of esters is 1. The van der Waals surface area contributed by atoms with Crippen LogP contribution in [0.1, 0.15) is 54.0 Å². The van der Waals surface area contributed by atoms with Crippen molar-refractivity contribution in [1.82, 2.24) is 5.32 Å². The van der Waals surface area contributed by atoms with Crippen LogP contribution in [0.5, 0.6) is 0 Å². The highest BCUT2D eigenvalue weighted by atomic mass is 127. The van der Waals surface area contributed by atoms with Crippen LogP contribution >= 0.6 is 22.6 Å². The van der Waals surface area contributed by atoms with Gasteiger partial charge in [-0.3, -0.25) is 5.32 Å². The molecule has 0 bridgehead atoms. The molecule has 2 N–H and O–H groups in total. The first-order chi connectivity index (χ1) is 13.6. The van der Waals surface area contributed by atoms with Gasteiger partial charge in [0.05, 0.1) is 0 Å². The Balaban J connectivity index is 2.93. The van der Waals surface area contributed by atoms with Crippen molar-refractivity contribution in [3.8, 4) is 0 Å². The van der Waals surface area contributed by atoms with E-state index >= 15 is 0 Å². The third-order valence-electron chi connectivity index (χ3n) is 3.27. The number of rotatable bonds is 6. The van der Waals surface area contributed by atoms with E-state index in [0.29, 0.717) is 11.3 Å². The number of carbonyl (C=O) groups excluding carboxylic acids is 3. The number of hydrogen-bond acceptors (Lipinski definition) is 6. The predicted molar refractivity (Wildman–Crippen MR) is 123 cm³/mol. The molecule has 1 aromatic rings. The molecule has 30 heavy (non-hydrogen) atoms. The smallest absolute Gasteiger partial charge is 0.412 e. The Morgan fingerprint density at radius 2 is 1.57 bits per heavy atom. The highest BCUT2D eigenvalue weighted by Crippen LogP contribution is 2.16. The lowest BCUT2D eigenvalue weighted by Gasteiger charge is -2.23. The van der Waals surface area contributed by atoms with Crippen molar-refractivity contribution in [2.24, 2.45) is 0 Å². The molecule has 0 saturated heterocycles.